The summed E-state index contributed by atoms with van der Waals surface area (Å²) >= 11 is 5.17. The highest BCUT2D eigenvalue weighted by molar-refractivity contribution is 6.29. The molecule has 0 N–H and O–H groups in total. The lowest BCUT2D eigenvalue weighted by Crippen LogP contribution is -2.65. The van der Waals surface area contributed by atoms with Crippen LogP contribution in [0.15, 0.2) is 0 Å². The molecule has 0 saturated carbocycles. The van der Waals surface area contributed by atoms with Crippen molar-refractivity contribution in [2.75, 3.05) is 26.2 Å². The molecule has 1 atom stereocenters. The molecule has 0 aromatic heterocycles. The molecule has 1 amide bonds. The van der Waals surface area contributed by atoms with Gasteiger partial charge < -0.3 is 9.80 Å². The number of halogens is 2. The van der Waals surface area contributed by atoms with Gasteiger partial charge in [-0.15, -0.1) is 0 Å². The van der Waals surface area contributed by atoms with Gasteiger partial charge in [-0.2, -0.15) is 0 Å². The molecule has 2 rings (SSSR count). The molecule has 2 heterocycles. The van der Waals surface area contributed by atoms with Crippen LogP contribution in [0.3, 0.4) is 0 Å². The molecule has 0 aromatic carbocycles. The van der Waals surface area contributed by atoms with E-state index in [1.807, 2.05) is 0 Å². The zero-order chi connectivity index (χ0) is 12.6. The van der Waals surface area contributed by atoms with Gasteiger partial charge >= 0.3 is 0 Å². The number of likely N-dealkylation sites (tertiary alicyclic amines) is 2. The predicted octanol–water partition coefficient (Wildman–Crippen LogP) is 1.85. The summed E-state index contributed by atoms with van der Waals surface area (Å²) in [6.45, 7) is 7.88. The van der Waals surface area contributed by atoms with Crippen molar-refractivity contribution in [1.29, 1.82) is 0 Å². The van der Waals surface area contributed by atoms with Gasteiger partial charge in [0, 0.05) is 31.1 Å². The van der Waals surface area contributed by atoms with E-state index >= 15 is 0 Å². The Balaban J connectivity index is 1.90. The first kappa shape index (κ1) is 13.1. The van der Waals surface area contributed by atoms with Gasteiger partial charge in [-0.25, -0.2) is 4.39 Å². The number of hydrogen-bond donors (Lipinski definition) is 0. The third-order valence-electron chi connectivity index (χ3n) is 3.97. The highest BCUT2D eigenvalue weighted by atomic mass is 35.5. The quantitative estimate of drug-likeness (QED) is 0.709. The van der Waals surface area contributed by atoms with Crippen LogP contribution in [0.5, 0.6) is 0 Å². The normalized spacial score (nSPS) is 26.1. The van der Waals surface area contributed by atoms with Crippen molar-refractivity contribution in [3.8, 4) is 0 Å². The molecule has 2 aliphatic heterocycles. The number of nitrogens with zero attached hydrogens (tertiary/aromatic N) is 2. The minimum absolute atomic E-state index is 0.198. The number of rotatable bonds is 2. The lowest BCUT2D eigenvalue weighted by atomic mass is 9.73. The number of amides is 1. The maximum Gasteiger partial charge on any atom is 0.272 e. The minimum atomic E-state index is -1.88. The van der Waals surface area contributed by atoms with Crippen LogP contribution in [0.4, 0.5) is 4.39 Å². The van der Waals surface area contributed by atoms with E-state index in [1.165, 1.54) is 6.42 Å². The molecule has 0 bridgehead atoms. The lowest BCUT2D eigenvalue weighted by Gasteiger charge is -2.55. The van der Waals surface area contributed by atoms with Crippen molar-refractivity contribution in [3.05, 3.63) is 0 Å². The fourth-order valence-electron chi connectivity index (χ4n) is 3.00. The summed E-state index contributed by atoms with van der Waals surface area (Å²) in [5.74, 6) is -0.570. The fourth-order valence-corrected chi connectivity index (χ4v) is 3.14. The molecule has 1 spiro atoms. The second-order valence-electron chi connectivity index (χ2n) is 5.66. The topological polar surface area (TPSA) is 23.6 Å². The van der Waals surface area contributed by atoms with E-state index in [-0.39, 0.29) is 5.41 Å². The average molecular weight is 263 g/mol. The first-order chi connectivity index (χ1) is 7.93. The second-order valence-corrected chi connectivity index (χ2v) is 6.05. The van der Waals surface area contributed by atoms with Crippen LogP contribution in [0.25, 0.3) is 0 Å². The molecule has 0 aliphatic carbocycles. The standard InChI is InChI=1S/C12H20ClFN2O/c1-9(2)15-5-3-4-12(6-15)7-16(8-12)11(17)10(13)14/h9-10H,3-8H2,1-2H3. The third kappa shape index (κ3) is 2.58. The van der Waals surface area contributed by atoms with Gasteiger partial charge in [0.1, 0.15) is 0 Å². The van der Waals surface area contributed by atoms with Crippen LogP contribution in [0.1, 0.15) is 26.7 Å². The van der Waals surface area contributed by atoms with Gasteiger partial charge in [0.2, 0.25) is 0 Å². The van der Waals surface area contributed by atoms with Crippen molar-refractivity contribution in [1.82, 2.24) is 9.80 Å². The van der Waals surface area contributed by atoms with Crippen LogP contribution in [0, 0.1) is 5.41 Å². The van der Waals surface area contributed by atoms with E-state index in [0.717, 1.165) is 19.5 Å². The number of alkyl halides is 2. The van der Waals surface area contributed by atoms with E-state index in [1.54, 1.807) is 4.90 Å². The maximum atomic E-state index is 12.7. The van der Waals surface area contributed by atoms with Crippen molar-refractivity contribution in [2.45, 2.75) is 38.4 Å². The van der Waals surface area contributed by atoms with E-state index in [0.29, 0.717) is 19.1 Å². The van der Waals surface area contributed by atoms with Crippen molar-refractivity contribution in [2.24, 2.45) is 5.41 Å². The zero-order valence-corrected chi connectivity index (χ0v) is 11.2. The monoisotopic (exact) mass is 262 g/mol. The summed E-state index contributed by atoms with van der Waals surface area (Å²) in [5.41, 5.74) is -1.68. The number of carbonyl (C=O) groups is 1. The predicted molar refractivity (Wildman–Crippen MR) is 65.7 cm³/mol. The molecule has 3 nitrogen and oxygen atoms in total. The van der Waals surface area contributed by atoms with Crippen LogP contribution >= 0.6 is 11.6 Å². The summed E-state index contributed by atoms with van der Waals surface area (Å²) in [7, 11) is 0. The Morgan fingerprint density at radius 2 is 2.00 bits per heavy atom. The summed E-state index contributed by atoms with van der Waals surface area (Å²) < 4.78 is 12.7. The van der Waals surface area contributed by atoms with E-state index in [4.69, 9.17) is 11.6 Å². The van der Waals surface area contributed by atoms with Crippen LogP contribution in [-0.4, -0.2) is 53.6 Å². The lowest BCUT2D eigenvalue weighted by molar-refractivity contribution is -0.150. The van der Waals surface area contributed by atoms with Crippen LogP contribution in [0.2, 0.25) is 0 Å². The molecule has 17 heavy (non-hydrogen) atoms. The van der Waals surface area contributed by atoms with Gasteiger partial charge in [-0.05, 0) is 33.2 Å². The summed E-state index contributed by atoms with van der Waals surface area (Å²) in [4.78, 5) is 15.4. The molecule has 2 aliphatic rings. The van der Waals surface area contributed by atoms with Crippen LogP contribution in [-0.2, 0) is 4.79 Å². The van der Waals surface area contributed by atoms with Gasteiger partial charge in [0.15, 0.2) is 0 Å². The minimum Gasteiger partial charge on any atom is -0.338 e. The highest BCUT2D eigenvalue weighted by Crippen LogP contribution is 2.40. The number of hydrogen-bond acceptors (Lipinski definition) is 2. The zero-order valence-electron chi connectivity index (χ0n) is 10.5. The largest absolute Gasteiger partial charge is 0.338 e. The van der Waals surface area contributed by atoms with Gasteiger partial charge in [-0.1, -0.05) is 11.6 Å². The van der Waals surface area contributed by atoms with E-state index < -0.39 is 11.5 Å². The Kier molecular flexibility index (Phi) is 3.64. The molecule has 0 aromatic rings. The molecule has 0 radical (unpaired) electrons. The smallest absolute Gasteiger partial charge is 0.272 e. The maximum absolute atomic E-state index is 12.7. The SMILES string of the molecule is CC(C)N1CCCC2(CN(C(=O)C(F)Cl)C2)C1. The molecule has 2 fully saturated rings. The first-order valence-corrected chi connectivity index (χ1v) is 6.68. The summed E-state index contributed by atoms with van der Waals surface area (Å²) in [6, 6.07) is 0.541. The molecule has 5 heteroatoms. The Bertz CT molecular complexity index is 303. The van der Waals surface area contributed by atoms with Gasteiger partial charge in [-0.3, -0.25) is 4.79 Å². The number of piperidine rings is 1. The first-order valence-electron chi connectivity index (χ1n) is 6.24. The van der Waals surface area contributed by atoms with E-state index in [2.05, 4.69) is 18.7 Å². The number of carbonyl (C=O) groups excluding carboxylic acids is 1. The molecule has 2 saturated heterocycles. The Hall–Kier alpha value is -0.350. The van der Waals surface area contributed by atoms with Crippen molar-refractivity contribution >= 4 is 17.5 Å². The average Bonchev–Trinajstić information content (AvgIpc) is 2.24. The second kappa shape index (κ2) is 4.73. The van der Waals surface area contributed by atoms with Crippen molar-refractivity contribution in [3.63, 3.8) is 0 Å². The Morgan fingerprint density at radius 3 is 2.53 bits per heavy atom. The van der Waals surface area contributed by atoms with Gasteiger partial charge in [0.25, 0.3) is 11.5 Å². The van der Waals surface area contributed by atoms with Crippen LogP contribution < -0.4 is 0 Å². The highest BCUT2D eigenvalue weighted by Gasteiger charge is 2.48. The molecular weight excluding hydrogens is 243 g/mol. The summed E-state index contributed by atoms with van der Waals surface area (Å²) in [6.07, 6.45) is 2.30. The molecular formula is C12H20ClFN2O. The van der Waals surface area contributed by atoms with Crippen molar-refractivity contribution < 1.29 is 9.18 Å². The van der Waals surface area contributed by atoms with Gasteiger partial charge in [0.05, 0.1) is 0 Å². The Morgan fingerprint density at radius 1 is 1.35 bits per heavy atom. The fraction of sp³-hybridized carbons (Fsp3) is 0.917. The molecule has 98 valence electrons. The Labute approximate surface area is 107 Å². The van der Waals surface area contributed by atoms with E-state index in [9.17, 15) is 9.18 Å². The molecule has 1 unspecified atom stereocenters. The third-order valence-corrected chi connectivity index (χ3v) is 4.16. The summed E-state index contributed by atoms with van der Waals surface area (Å²) in [5, 5.41) is 0.